The zero-order chi connectivity index (χ0) is 23.5. The van der Waals surface area contributed by atoms with Gasteiger partial charge in [-0.25, -0.2) is 14.8 Å². The number of nitrogens with zero attached hydrogens (tertiary/aromatic N) is 6. The Balaban J connectivity index is 1.48. The van der Waals surface area contributed by atoms with Crippen molar-refractivity contribution in [3.63, 3.8) is 0 Å². The molecule has 0 saturated carbocycles. The van der Waals surface area contributed by atoms with Gasteiger partial charge in [-0.3, -0.25) is 10.1 Å². The lowest BCUT2D eigenvalue weighted by Gasteiger charge is -2.19. The normalized spacial score (nSPS) is 10.9. The van der Waals surface area contributed by atoms with Crippen LogP contribution in [0.15, 0.2) is 60.8 Å². The van der Waals surface area contributed by atoms with Crippen molar-refractivity contribution in [3.8, 4) is 22.0 Å². The summed E-state index contributed by atoms with van der Waals surface area (Å²) in [5.41, 5.74) is 8.84. The van der Waals surface area contributed by atoms with Gasteiger partial charge in [0, 0.05) is 30.4 Å². The maximum absolute atomic E-state index is 7.32. The number of thiophene rings is 1. The smallest absolute Gasteiger partial charge is 0.250 e. The monoisotopic (exact) mass is 466 g/mol. The van der Waals surface area contributed by atoms with Crippen LogP contribution in [0.2, 0.25) is 0 Å². The number of rotatable bonds is 7. The summed E-state index contributed by atoms with van der Waals surface area (Å²) in [7, 11) is 2.03. The number of pyridine rings is 1. The number of fused-ring (bicyclic) bond motifs is 1. The number of aryl methyl sites for hydroxylation is 1. The van der Waals surface area contributed by atoms with Crippen LogP contribution in [0, 0.1) is 6.57 Å². The number of nitrogens with one attached hydrogen (secondary N) is 1. The minimum Gasteiger partial charge on any atom is -0.391 e. The fourth-order valence-electron chi connectivity index (χ4n) is 3.84. The van der Waals surface area contributed by atoms with Crippen LogP contribution in [0.4, 0.5) is 17.3 Å². The van der Waals surface area contributed by atoms with Crippen molar-refractivity contribution < 1.29 is 0 Å². The second-order valence-electron chi connectivity index (χ2n) is 7.85. The summed E-state index contributed by atoms with van der Waals surface area (Å²) in [5.74, 6) is 1.72. The van der Waals surface area contributed by atoms with Crippen molar-refractivity contribution in [1.82, 2.24) is 25.1 Å². The fraction of sp³-hybridized carbons (Fsp3) is 0.160. The third-order valence-electron chi connectivity index (χ3n) is 5.56. The van der Waals surface area contributed by atoms with E-state index in [0.717, 1.165) is 50.8 Å². The molecule has 0 aliphatic rings. The van der Waals surface area contributed by atoms with E-state index in [2.05, 4.69) is 43.1 Å². The quantitative estimate of drug-likeness (QED) is 0.314. The van der Waals surface area contributed by atoms with Crippen LogP contribution < -0.4 is 10.6 Å². The van der Waals surface area contributed by atoms with E-state index in [4.69, 9.17) is 22.3 Å². The highest BCUT2D eigenvalue weighted by atomic mass is 32.1. The number of nitrogens with two attached hydrogens (primary N) is 1. The van der Waals surface area contributed by atoms with Crippen LogP contribution in [-0.2, 0) is 6.42 Å². The van der Waals surface area contributed by atoms with Gasteiger partial charge in [-0.15, -0.1) is 11.3 Å². The second kappa shape index (κ2) is 9.29. The molecule has 0 fully saturated rings. The maximum atomic E-state index is 7.32. The first-order valence-corrected chi connectivity index (χ1v) is 11.7. The molecular weight excluding hydrogens is 444 g/mol. The highest BCUT2D eigenvalue weighted by Gasteiger charge is 2.18. The lowest BCUT2D eigenvalue weighted by atomic mass is 10.1. The van der Waals surface area contributed by atoms with Crippen molar-refractivity contribution >= 4 is 38.9 Å². The molecule has 4 heterocycles. The van der Waals surface area contributed by atoms with Gasteiger partial charge in [0.15, 0.2) is 11.6 Å². The Hall–Kier alpha value is -4.29. The molecule has 3 N–H and O–H groups in total. The van der Waals surface area contributed by atoms with Gasteiger partial charge in [-0.05, 0) is 36.6 Å². The molecule has 8 nitrogen and oxygen atoms in total. The fourth-order valence-corrected chi connectivity index (χ4v) is 4.87. The third kappa shape index (κ3) is 4.19. The molecule has 0 spiro atoms. The second-order valence-corrected chi connectivity index (χ2v) is 8.88. The molecule has 0 saturated heterocycles. The van der Waals surface area contributed by atoms with Gasteiger partial charge in [-0.2, -0.15) is 5.10 Å². The Kier molecular flexibility index (Phi) is 5.89. The highest BCUT2D eigenvalue weighted by Crippen LogP contribution is 2.37. The Bertz CT molecular complexity index is 1470. The summed E-state index contributed by atoms with van der Waals surface area (Å²) < 4.78 is 0. The highest BCUT2D eigenvalue weighted by molar-refractivity contribution is 7.22. The van der Waals surface area contributed by atoms with E-state index in [1.807, 2.05) is 43.4 Å². The van der Waals surface area contributed by atoms with Crippen LogP contribution >= 0.6 is 11.3 Å². The first-order chi connectivity index (χ1) is 16.6. The number of H-pyrrole nitrogens is 1. The molecule has 0 bridgehead atoms. The molecule has 34 heavy (non-hydrogen) atoms. The Labute approximate surface area is 201 Å². The molecular formula is C25H22N8S. The number of nitrogen functional groups attached to an aromatic ring is 1. The zero-order valence-electron chi connectivity index (χ0n) is 18.6. The van der Waals surface area contributed by atoms with Crippen LogP contribution in [0.5, 0.6) is 0 Å². The van der Waals surface area contributed by atoms with E-state index in [0.29, 0.717) is 17.9 Å². The average molecular weight is 467 g/mol. The molecule has 1 aromatic carbocycles. The van der Waals surface area contributed by atoms with Gasteiger partial charge < -0.3 is 10.6 Å². The minimum absolute atomic E-state index is 0.252. The number of aromatic nitrogens is 5. The third-order valence-corrected chi connectivity index (χ3v) is 6.64. The topological polar surface area (TPSA) is 101 Å². The van der Waals surface area contributed by atoms with Crippen LogP contribution in [0.25, 0.3) is 37.0 Å². The van der Waals surface area contributed by atoms with Gasteiger partial charge in [0.1, 0.15) is 16.3 Å². The lowest BCUT2D eigenvalue weighted by Crippen LogP contribution is -2.21. The summed E-state index contributed by atoms with van der Waals surface area (Å²) in [6.07, 6.45) is 3.23. The summed E-state index contributed by atoms with van der Waals surface area (Å²) in [4.78, 5) is 21.9. The van der Waals surface area contributed by atoms with Crippen LogP contribution in [0.3, 0.4) is 0 Å². The van der Waals surface area contributed by atoms with Gasteiger partial charge in [-0.1, -0.05) is 36.4 Å². The predicted molar refractivity (Wildman–Crippen MR) is 137 cm³/mol. The number of benzene rings is 1. The Morgan fingerprint density at radius 3 is 2.71 bits per heavy atom. The number of hydrogen-bond acceptors (Lipinski definition) is 7. The molecule has 0 unspecified atom stereocenters. The van der Waals surface area contributed by atoms with Crippen molar-refractivity contribution in [2.45, 2.75) is 12.8 Å². The van der Waals surface area contributed by atoms with Crippen molar-refractivity contribution in [3.05, 3.63) is 77.9 Å². The lowest BCUT2D eigenvalue weighted by molar-refractivity contribution is 0.763. The number of aromatic amines is 1. The molecule has 5 rings (SSSR count). The SMILES string of the molecule is [C-]#[N+]c1c(N)n[nH]c1CCCN(C)c1nc(-c2ccccn2)nc2sc(-c3ccccc3)cc12. The van der Waals surface area contributed by atoms with Crippen LogP contribution in [-0.4, -0.2) is 38.7 Å². The first-order valence-electron chi connectivity index (χ1n) is 10.8. The molecule has 0 aliphatic carbocycles. The maximum Gasteiger partial charge on any atom is 0.250 e. The van der Waals surface area contributed by atoms with Crippen LogP contribution in [0.1, 0.15) is 12.1 Å². The van der Waals surface area contributed by atoms with Gasteiger partial charge in [0.25, 0.3) is 0 Å². The van der Waals surface area contributed by atoms with E-state index < -0.39 is 0 Å². The molecule has 9 heteroatoms. The first kappa shape index (κ1) is 21.6. The molecule has 0 amide bonds. The molecule has 0 radical (unpaired) electrons. The molecule has 4 aromatic heterocycles. The van der Waals surface area contributed by atoms with E-state index in [1.54, 1.807) is 17.5 Å². The van der Waals surface area contributed by atoms with Gasteiger partial charge in [0.2, 0.25) is 5.69 Å². The average Bonchev–Trinajstić information content (AvgIpc) is 3.47. The zero-order valence-corrected chi connectivity index (χ0v) is 19.4. The van der Waals surface area contributed by atoms with E-state index in [1.165, 1.54) is 0 Å². The van der Waals surface area contributed by atoms with Crippen molar-refractivity contribution in [1.29, 1.82) is 0 Å². The largest absolute Gasteiger partial charge is 0.391 e. The summed E-state index contributed by atoms with van der Waals surface area (Å²) in [6.45, 7) is 8.06. The molecule has 0 atom stereocenters. The van der Waals surface area contributed by atoms with E-state index >= 15 is 0 Å². The predicted octanol–water partition coefficient (Wildman–Crippen LogP) is 5.35. The van der Waals surface area contributed by atoms with Gasteiger partial charge in [0.05, 0.1) is 12.0 Å². The number of anilines is 2. The minimum atomic E-state index is 0.252. The van der Waals surface area contributed by atoms with Crippen molar-refractivity contribution in [2.75, 3.05) is 24.2 Å². The molecule has 5 aromatic rings. The molecule has 168 valence electrons. The number of hydrogen-bond donors (Lipinski definition) is 2. The Morgan fingerprint density at radius 2 is 1.94 bits per heavy atom. The standard InChI is InChI=1S/C25H22N8S/c1-27-21-18(31-32-22(21)26)12-8-14-33(2)24-17-15-20(16-9-4-3-5-10-16)34-25(17)30-23(29-24)19-11-6-7-13-28-19/h3-7,9-11,13,15H,8,12,14H2,2H3,(H3,26,31,32). The summed E-state index contributed by atoms with van der Waals surface area (Å²) in [5, 5.41) is 7.85. The van der Waals surface area contributed by atoms with E-state index in [9.17, 15) is 0 Å². The van der Waals surface area contributed by atoms with Crippen molar-refractivity contribution in [2.24, 2.45) is 0 Å². The molecule has 0 aliphatic heterocycles. The van der Waals surface area contributed by atoms with E-state index in [-0.39, 0.29) is 5.82 Å². The summed E-state index contributed by atoms with van der Waals surface area (Å²) >= 11 is 1.65. The Morgan fingerprint density at radius 1 is 1.12 bits per heavy atom. The van der Waals surface area contributed by atoms with Gasteiger partial charge >= 0.3 is 0 Å². The summed E-state index contributed by atoms with van der Waals surface area (Å²) in [6, 6.07) is 18.2.